The predicted molar refractivity (Wildman–Crippen MR) is 130 cm³/mol. The highest BCUT2D eigenvalue weighted by atomic mass is 32.2. The Labute approximate surface area is 190 Å². The molecule has 0 aliphatic rings. The van der Waals surface area contributed by atoms with Crippen LogP contribution in [0.2, 0.25) is 0 Å². The SMILES string of the molecule is CN=CC(=CN)c1cnc(C=N)c(NS(=O)(=O)c2cnc3ccc(-c4ccccc4)cn23)c1. The number of nitrogens with one attached hydrogen (secondary N) is 2. The van der Waals surface area contributed by atoms with Crippen molar-refractivity contribution >= 4 is 39.4 Å². The van der Waals surface area contributed by atoms with E-state index in [1.807, 2.05) is 36.4 Å². The van der Waals surface area contributed by atoms with Crippen LogP contribution in [0.15, 0.2) is 83.3 Å². The number of pyridine rings is 2. The lowest BCUT2D eigenvalue weighted by molar-refractivity contribution is 0.596. The van der Waals surface area contributed by atoms with Crippen LogP contribution in [0.1, 0.15) is 11.3 Å². The molecular formula is C23H21N7O2S. The van der Waals surface area contributed by atoms with E-state index in [-0.39, 0.29) is 16.4 Å². The third kappa shape index (κ3) is 4.37. The molecule has 0 aliphatic carbocycles. The number of anilines is 1. The highest BCUT2D eigenvalue weighted by Crippen LogP contribution is 2.25. The van der Waals surface area contributed by atoms with Crippen molar-refractivity contribution in [2.75, 3.05) is 11.8 Å². The highest BCUT2D eigenvalue weighted by Gasteiger charge is 2.22. The Morgan fingerprint density at radius 3 is 2.61 bits per heavy atom. The van der Waals surface area contributed by atoms with Crippen molar-refractivity contribution in [3.8, 4) is 11.1 Å². The predicted octanol–water partition coefficient (Wildman–Crippen LogP) is 3.19. The van der Waals surface area contributed by atoms with E-state index < -0.39 is 10.0 Å². The number of aromatic nitrogens is 3. The van der Waals surface area contributed by atoms with Crippen LogP contribution in [0, 0.1) is 5.41 Å². The number of nitrogens with two attached hydrogens (primary N) is 1. The molecule has 33 heavy (non-hydrogen) atoms. The van der Waals surface area contributed by atoms with Gasteiger partial charge in [0.2, 0.25) is 0 Å². The van der Waals surface area contributed by atoms with E-state index in [4.69, 9.17) is 11.1 Å². The van der Waals surface area contributed by atoms with Crippen LogP contribution in [0.5, 0.6) is 0 Å². The molecule has 0 bridgehead atoms. The van der Waals surface area contributed by atoms with Crippen LogP contribution in [-0.4, -0.2) is 42.3 Å². The lowest BCUT2D eigenvalue weighted by Gasteiger charge is -2.12. The molecule has 9 nitrogen and oxygen atoms in total. The van der Waals surface area contributed by atoms with Crippen molar-refractivity contribution in [2.45, 2.75) is 5.03 Å². The summed E-state index contributed by atoms with van der Waals surface area (Å²) in [5.41, 5.74) is 9.36. The number of rotatable bonds is 7. The summed E-state index contributed by atoms with van der Waals surface area (Å²) < 4.78 is 30.7. The highest BCUT2D eigenvalue weighted by molar-refractivity contribution is 7.92. The molecule has 0 amide bonds. The second kappa shape index (κ2) is 9.05. The van der Waals surface area contributed by atoms with Gasteiger partial charge in [0.15, 0.2) is 5.03 Å². The van der Waals surface area contributed by atoms with E-state index in [1.165, 1.54) is 29.2 Å². The number of fused-ring (bicyclic) bond motifs is 1. The van der Waals surface area contributed by atoms with Gasteiger partial charge in [-0.1, -0.05) is 30.3 Å². The Morgan fingerprint density at radius 2 is 1.91 bits per heavy atom. The van der Waals surface area contributed by atoms with Crippen molar-refractivity contribution in [2.24, 2.45) is 10.7 Å². The van der Waals surface area contributed by atoms with Crippen LogP contribution in [0.25, 0.3) is 22.3 Å². The van der Waals surface area contributed by atoms with Gasteiger partial charge in [-0.15, -0.1) is 0 Å². The van der Waals surface area contributed by atoms with Crippen molar-refractivity contribution in [1.29, 1.82) is 5.41 Å². The largest absolute Gasteiger partial charge is 0.404 e. The standard InChI is InChI=1S/C23H21N7O2S/c1-26-12-19(10-24)18-9-20(21(11-25)27-13-18)29-33(31,32)23-14-28-22-8-7-17(15-30(22)23)16-5-3-2-4-6-16/h2-15,25,29H,24H2,1H3. The molecule has 0 unspecified atom stereocenters. The summed E-state index contributed by atoms with van der Waals surface area (Å²) in [5.74, 6) is 0. The van der Waals surface area contributed by atoms with Gasteiger partial charge in [0.05, 0.1) is 11.9 Å². The summed E-state index contributed by atoms with van der Waals surface area (Å²) in [6.07, 6.45) is 8.38. The third-order valence-corrected chi connectivity index (χ3v) is 6.28. The average molecular weight is 460 g/mol. The van der Waals surface area contributed by atoms with Crippen molar-refractivity contribution < 1.29 is 8.42 Å². The monoisotopic (exact) mass is 459 g/mol. The van der Waals surface area contributed by atoms with Crippen LogP contribution in [-0.2, 0) is 10.0 Å². The number of allylic oxidation sites excluding steroid dienone is 1. The summed E-state index contributed by atoms with van der Waals surface area (Å²) in [6, 6.07) is 14.8. The van der Waals surface area contributed by atoms with E-state index >= 15 is 0 Å². The molecule has 166 valence electrons. The van der Waals surface area contributed by atoms with Crippen LogP contribution in [0.3, 0.4) is 0 Å². The number of aliphatic imine (C=N–C) groups is 1. The summed E-state index contributed by atoms with van der Waals surface area (Å²) >= 11 is 0. The Bertz CT molecular complexity index is 1490. The molecule has 4 N–H and O–H groups in total. The van der Waals surface area contributed by atoms with Crippen LogP contribution in [0.4, 0.5) is 5.69 Å². The quantitative estimate of drug-likeness (QED) is 0.364. The first-order valence-corrected chi connectivity index (χ1v) is 11.4. The number of hydrogen-bond acceptors (Lipinski definition) is 7. The van der Waals surface area contributed by atoms with Gasteiger partial charge in [-0.3, -0.25) is 19.1 Å². The topological polar surface area (TPSA) is 139 Å². The van der Waals surface area contributed by atoms with Gasteiger partial charge < -0.3 is 11.1 Å². The number of imidazole rings is 1. The maximum Gasteiger partial charge on any atom is 0.279 e. The molecule has 4 rings (SSSR count). The lowest BCUT2D eigenvalue weighted by Crippen LogP contribution is -2.17. The van der Waals surface area contributed by atoms with Crippen LogP contribution < -0.4 is 10.5 Å². The maximum atomic E-state index is 13.3. The molecule has 0 fully saturated rings. The van der Waals surface area contributed by atoms with Gasteiger partial charge in [0.1, 0.15) is 11.3 Å². The summed E-state index contributed by atoms with van der Waals surface area (Å²) in [6.45, 7) is 0. The zero-order valence-electron chi connectivity index (χ0n) is 17.7. The molecule has 0 spiro atoms. The Balaban J connectivity index is 1.77. The lowest BCUT2D eigenvalue weighted by atomic mass is 10.1. The normalized spacial score (nSPS) is 12.3. The average Bonchev–Trinajstić information content (AvgIpc) is 3.27. The van der Waals surface area contributed by atoms with Crippen molar-refractivity contribution in [1.82, 2.24) is 14.4 Å². The second-order valence-electron chi connectivity index (χ2n) is 7.02. The smallest absolute Gasteiger partial charge is 0.279 e. The van der Waals surface area contributed by atoms with Gasteiger partial charge in [0.25, 0.3) is 10.0 Å². The molecule has 4 aromatic rings. The molecule has 3 heterocycles. The molecule has 0 aliphatic heterocycles. The minimum atomic E-state index is -4.07. The molecule has 0 saturated carbocycles. The van der Waals surface area contributed by atoms with Gasteiger partial charge in [0, 0.05) is 49.2 Å². The van der Waals surface area contributed by atoms with E-state index in [1.54, 1.807) is 25.4 Å². The first-order valence-electron chi connectivity index (χ1n) is 9.87. The Kier molecular flexibility index (Phi) is 6.01. The first-order chi connectivity index (χ1) is 16.0. The van der Waals surface area contributed by atoms with Crippen molar-refractivity contribution in [3.05, 3.63) is 84.6 Å². The zero-order chi connectivity index (χ0) is 23.4. The molecular weight excluding hydrogens is 438 g/mol. The number of sulfonamides is 1. The number of hydrogen-bond donors (Lipinski definition) is 3. The fourth-order valence-corrected chi connectivity index (χ4v) is 4.49. The van der Waals surface area contributed by atoms with Crippen molar-refractivity contribution in [3.63, 3.8) is 0 Å². The minimum Gasteiger partial charge on any atom is -0.404 e. The summed E-state index contributed by atoms with van der Waals surface area (Å²) in [7, 11) is -2.47. The number of nitrogens with zero attached hydrogens (tertiary/aromatic N) is 4. The fraction of sp³-hybridized carbons (Fsp3) is 0.0435. The van der Waals surface area contributed by atoms with E-state index in [0.717, 1.165) is 17.3 Å². The van der Waals surface area contributed by atoms with Gasteiger partial charge in [-0.25, -0.2) is 4.98 Å². The maximum absolute atomic E-state index is 13.3. The van der Waals surface area contributed by atoms with E-state index in [2.05, 4.69) is 19.7 Å². The van der Waals surface area contributed by atoms with Gasteiger partial charge >= 0.3 is 0 Å². The Morgan fingerprint density at radius 1 is 1.12 bits per heavy atom. The van der Waals surface area contributed by atoms with Gasteiger partial charge in [-0.2, -0.15) is 8.42 Å². The first kappa shape index (κ1) is 21.9. The van der Waals surface area contributed by atoms with E-state index in [0.29, 0.717) is 16.8 Å². The minimum absolute atomic E-state index is 0.0404. The van der Waals surface area contributed by atoms with Crippen LogP contribution >= 0.6 is 0 Å². The molecule has 0 atom stereocenters. The molecule has 0 saturated heterocycles. The molecule has 0 radical (unpaired) electrons. The summed E-state index contributed by atoms with van der Waals surface area (Å²) in [5, 5.41) is 7.58. The second-order valence-corrected chi connectivity index (χ2v) is 8.65. The summed E-state index contributed by atoms with van der Waals surface area (Å²) in [4.78, 5) is 12.3. The zero-order valence-corrected chi connectivity index (χ0v) is 18.5. The molecule has 3 aromatic heterocycles. The number of benzene rings is 1. The molecule has 1 aromatic carbocycles. The van der Waals surface area contributed by atoms with Gasteiger partial charge in [-0.05, 0) is 29.3 Å². The molecule has 10 heteroatoms. The Hall–Kier alpha value is -4.31. The fourth-order valence-electron chi connectivity index (χ4n) is 3.34. The third-order valence-electron chi connectivity index (χ3n) is 4.93. The van der Waals surface area contributed by atoms with E-state index in [9.17, 15) is 8.42 Å².